The maximum absolute atomic E-state index is 13.4. The van der Waals surface area contributed by atoms with E-state index in [1.54, 1.807) is 36.4 Å². The topological polar surface area (TPSA) is 95.9 Å². The van der Waals surface area contributed by atoms with Crippen molar-refractivity contribution in [2.24, 2.45) is 0 Å². The molecule has 9 heteroatoms. The van der Waals surface area contributed by atoms with E-state index in [0.717, 1.165) is 23.7 Å². The zero-order chi connectivity index (χ0) is 21.3. The van der Waals surface area contributed by atoms with Crippen LogP contribution in [0.4, 0.5) is 0 Å². The first-order valence-electron chi connectivity index (χ1n) is 9.90. The number of aryl methyl sites for hydroxylation is 2. The fourth-order valence-corrected chi connectivity index (χ4v) is 4.82. The lowest BCUT2D eigenvalue weighted by atomic mass is 9.96. The molecule has 2 aliphatic heterocycles. The number of ketones is 1. The number of pyridine rings is 1. The number of hydrogen-bond acceptors (Lipinski definition) is 8. The Hall–Kier alpha value is -2.62. The summed E-state index contributed by atoms with van der Waals surface area (Å²) in [6.07, 6.45) is 3.25. The molecule has 2 aromatic rings. The molecule has 2 aromatic heterocycles. The van der Waals surface area contributed by atoms with E-state index < -0.39 is 17.7 Å². The van der Waals surface area contributed by atoms with Gasteiger partial charge in [0.2, 0.25) is 5.78 Å². The lowest BCUT2D eigenvalue weighted by molar-refractivity contribution is -0.129. The van der Waals surface area contributed by atoms with E-state index in [-0.39, 0.29) is 11.4 Å². The second-order valence-electron chi connectivity index (χ2n) is 7.37. The quantitative estimate of drug-likeness (QED) is 0.704. The van der Waals surface area contributed by atoms with Crippen molar-refractivity contribution in [3.8, 4) is 0 Å². The molecule has 2 aliphatic rings. The predicted molar refractivity (Wildman–Crippen MR) is 112 cm³/mol. The van der Waals surface area contributed by atoms with Crippen molar-refractivity contribution in [1.29, 1.82) is 0 Å². The zero-order valence-electron chi connectivity index (χ0n) is 17.0. The highest BCUT2D eigenvalue weighted by molar-refractivity contribution is 7.14. The largest absolute Gasteiger partial charge is 0.503 e. The van der Waals surface area contributed by atoms with Crippen LogP contribution in [0.15, 0.2) is 35.9 Å². The number of rotatable bonds is 6. The molecular formula is C21H24N4O4S. The number of aliphatic hydroxyl groups is 1. The van der Waals surface area contributed by atoms with Crippen LogP contribution in [0.25, 0.3) is 0 Å². The van der Waals surface area contributed by atoms with Crippen LogP contribution in [-0.2, 0) is 9.53 Å². The zero-order valence-corrected chi connectivity index (χ0v) is 17.8. The number of aromatic nitrogens is 2. The Morgan fingerprint density at radius 1 is 1.23 bits per heavy atom. The van der Waals surface area contributed by atoms with Crippen molar-refractivity contribution >= 4 is 23.0 Å². The van der Waals surface area contributed by atoms with Gasteiger partial charge in [-0.25, -0.2) is 4.98 Å². The molecule has 1 amide bonds. The molecule has 1 N–H and O–H groups in total. The summed E-state index contributed by atoms with van der Waals surface area (Å²) in [5, 5.41) is 11.5. The van der Waals surface area contributed by atoms with Crippen LogP contribution >= 0.6 is 11.3 Å². The van der Waals surface area contributed by atoms with Crippen molar-refractivity contribution in [1.82, 2.24) is 19.8 Å². The third kappa shape index (κ3) is 3.88. The van der Waals surface area contributed by atoms with Gasteiger partial charge in [0, 0.05) is 38.6 Å². The van der Waals surface area contributed by atoms with Gasteiger partial charge in [-0.15, -0.1) is 11.3 Å². The van der Waals surface area contributed by atoms with Gasteiger partial charge >= 0.3 is 0 Å². The number of nitrogens with zero attached hydrogens (tertiary/aromatic N) is 4. The Bertz CT molecular complexity index is 982. The monoisotopic (exact) mass is 428 g/mol. The van der Waals surface area contributed by atoms with Crippen LogP contribution in [0.1, 0.15) is 32.0 Å². The average molecular weight is 429 g/mol. The number of hydrogen-bond donors (Lipinski definition) is 1. The average Bonchev–Trinajstić information content (AvgIpc) is 3.23. The molecule has 0 bridgehead atoms. The highest BCUT2D eigenvalue weighted by Crippen LogP contribution is 2.39. The molecule has 0 aromatic carbocycles. The summed E-state index contributed by atoms with van der Waals surface area (Å²) < 4.78 is 5.38. The molecule has 158 valence electrons. The fraction of sp³-hybridized carbons (Fsp3) is 0.429. The molecule has 4 rings (SSSR count). The molecular weight excluding hydrogens is 404 g/mol. The molecule has 0 aliphatic carbocycles. The van der Waals surface area contributed by atoms with E-state index >= 15 is 0 Å². The summed E-state index contributed by atoms with van der Waals surface area (Å²) in [6, 6.07) is 2.89. The summed E-state index contributed by atoms with van der Waals surface area (Å²) in [5.74, 6) is -1.35. The molecule has 1 saturated heterocycles. The fourth-order valence-electron chi connectivity index (χ4n) is 3.95. The number of ether oxygens (including phenoxy) is 1. The van der Waals surface area contributed by atoms with Crippen molar-refractivity contribution < 1.29 is 19.4 Å². The van der Waals surface area contributed by atoms with Gasteiger partial charge in [-0.3, -0.25) is 19.5 Å². The summed E-state index contributed by atoms with van der Waals surface area (Å²) in [6.45, 7) is 7.56. The summed E-state index contributed by atoms with van der Waals surface area (Å²) in [7, 11) is 0. The first-order chi connectivity index (χ1) is 14.5. The normalized spacial score (nSPS) is 20.3. The number of Topliss-reactive ketones (excluding diaryl/α,β-unsaturated/α-hetero) is 1. The highest BCUT2D eigenvalue weighted by Gasteiger charge is 2.44. The number of thiazole rings is 1. The van der Waals surface area contributed by atoms with Crippen LogP contribution in [0, 0.1) is 13.8 Å². The number of carbonyl (C=O) groups excluding carboxylic acids is 2. The third-order valence-corrected chi connectivity index (χ3v) is 6.51. The van der Waals surface area contributed by atoms with E-state index in [9.17, 15) is 14.7 Å². The first kappa shape index (κ1) is 20.6. The highest BCUT2D eigenvalue weighted by atomic mass is 32.1. The van der Waals surface area contributed by atoms with Gasteiger partial charge in [0.1, 0.15) is 0 Å². The molecule has 4 heterocycles. The Kier molecular flexibility index (Phi) is 5.94. The van der Waals surface area contributed by atoms with Crippen LogP contribution in [0.3, 0.4) is 0 Å². The second-order valence-corrected chi connectivity index (χ2v) is 8.58. The minimum absolute atomic E-state index is 0.111. The smallest absolute Gasteiger partial charge is 0.290 e. The van der Waals surface area contributed by atoms with E-state index in [1.165, 1.54) is 11.3 Å². The van der Waals surface area contributed by atoms with Gasteiger partial charge in [-0.1, -0.05) is 0 Å². The van der Waals surface area contributed by atoms with Gasteiger partial charge in [0.25, 0.3) is 5.91 Å². The van der Waals surface area contributed by atoms with Crippen molar-refractivity contribution in [2.75, 3.05) is 39.4 Å². The Balaban J connectivity index is 1.67. The molecule has 1 fully saturated rings. The molecule has 30 heavy (non-hydrogen) atoms. The van der Waals surface area contributed by atoms with E-state index in [4.69, 9.17) is 4.74 Å². The van der Waals surface area contributed by atoms with Gasteiger partial charge in [0.05, 0.1) is 40.4 Å². The van der Waals surface area contributed by atoms with Crippen LogP contribution in [0.2, 0.25) is 0 Å². The Labute approximate surface area is 178 Å². The van der Waals surface area contributed by atoms with Gasteiger partial charge in [-0.05, 0) is 31.5 Å². The lowest BCUT2D eigenvalue weighted by Crippen LogP contribution is -2.43. The van der Waals surface area contributed by atoms with E-state index in [1.807, 2.05) is 6.92 Å². The predicted octanol–water partition coefficient (Wildman–Crippen LogP) is 2.07. The summed E-state index contributed by atoms with van der Waals surface area (Å²) in [4.78, 5) is 39.0. The molecule has 0 unspecified atom stereocenters. The Morgan fingerprint density at radius 2 is 1.93 bits per heavy atom. The summed E-state index contributed by atoms with van der Waals surface area (Å²) in [5.41, 5.74) is 1.46. The van der Waals surface area contributed by atoms with Crippen LogP contribution in [-0.4, -0.2) is 76.0 Å². The van der Waals surface area contributed by atoms with Gasteiger partial charge in [0.15, 0.2) is 5.76 Å². The maximum atomic E-state index is 13.4. The molecule has 0 spiro atoms. The molecule has 8 nitrogen and oxygen atoms in total. The number of morpholine rings is 1. The van der Waals surface area contributed by atoms with E-state index in [2.05, 4.69) is 14.9 Å². The van der Waals surface area contributed by atoms with E-state index in [0.29, 0.717) is 36.9 Å². The van der Waals surface area contributed by atoms with Gasteiger partial charge < -0.3 is 14.7 Å². The third-order valence-electron chi connectivity index (χ3n) is 5.44. The van der Waals surface area contributed by atoms with Crippen LogP contribution in [0.5, 0.6) is 0 Å². The lowest BCUT2D eigenvalue weighted by Gasteiger charge is -2.31. The maximum Gasteiger partial charge on any atom is 0.290 e. The van der Waals surface area contributed by atoms with Crippen LogP contribution < -0.4 is 0 Å². The molecule has 1 atom stereocenters. The number of carbonyl (C=O) groups is 2. The Morgan fingerprint density at radius 3 is 2.57 bits per heavy atom. The number of aliphatic hydroxyl groups excluding tert-OH is 1. The van der Waals surface area contributed by atoms with Crippen molar-refractivity contribution in [2.45, 2.75) is 19.9 Å². The second kappa shape index (κ2) is 8.63. The minimum Gasteiger partial charge on any atom is -0.503 e. The minimum atomic E-state index is -0.657. The first-order valence-corrected chi connectivity index (χ1v) is 10.7. The van der Waals surface area contributed by atoms with Gasteiger partial charge in [-0.2, -0.15) is 0 Å². The standard InChI is InChI=1S/C21H24N4O4S/c1-13-20(30-14(2)23-13)18(26)16-17(15-3-5-22-6-4-15)25(21(28)19(16)27)8-7-24-9-11-29-12-10-24/h3-6,17,27H,7-12H2,1-2H3/t17-/m1/s1. The summed E-state index contributed by atoms with van der Waals surface area (Å²) >= 11 is 1.28. The van der Waals surface area contributed by atoms with Crippen molar-refractivity contribution in [3.05, 3.63) is 57.0 Å². The van der Waals surface area contributed by atoms with Crippen molar-refractivity contribution in [3.63, 3.8) is 0 Å². The number of amides is 1. The molecule has 0 saturated carbocycles. The SMILES string of the molecule is Cc1nc(C)c(C(=O)C2=C(O)C(=O)N(CCN3CCOCC3)[C@@H]2c2ccncc2)s1. The molecule has 0 radical (unpaired) electrons.